The van der Waals surface area contributed by atoms with Gasteiger partial charge in [0.05, 0.1) is 73.8 Å². The third kappa shape index (κ3) is 39.8. The van der Waals surface area contributed by atoms with Crippen molar-refractivity contribution >= 4 is 65.7 Å². The number of unbranched alkanes of at least 4 members (excludes halogenated alkanes) is 20. The van der Waals surface area contributed by atoms with Crippen LogP contribution in [0.15, 0.2) is 48.6 Å². The Labute approximate surface area is 678 Å². The SMILES string of the molecule is CCCCC1C=CC(CCCCCCCC(=O)OCCO)C(C(=O)O)C1C(=O)O.CCCCC1C=CC(CCCCCCCC(=O)OCCOCCO)C(C(=O)O)C1C(=O)O.CCCCCCC1C=CC(CCCCCCCC(=O)O)C(C(=O)O)C1.CCCCCCC1C=CC2(CCCCCCC2C(=O)O)C(C(=O)O)C1C(=O)O. The molecule has 1 fully saturated rings. The Morgan fingerprint density at radius 2 is 0.702 bits per heavy atom. The first kappa shape index (κ1) is 103. The second kappa shape index (κ2) is 61.4. The van der Waals surface area contributed by atoms with Gasteiger partial charge in [0.1, 0.15) is 13.2 Å². The molecule has 0 aromatic rings. The van der Waals surface area contributed by atoms with Crippen LogP contribution in [0.5, 0.6) is 0 Å². The molecule has 16 atom stereocenters. The van der Waals surface area contributed by atoms with Crippen LogP contribution >= 0.6 is 0 Å². The number of aliphatic hydroxyl groups excluding tert-OH is 2. The van der Waals surface area contributed by atoms with Crippen LogP contribution in [-0.4, -0.2) is 161 Å². The lowest BCUT2D eigenvalue weighted by molar-refractivity contribution is -0.168. The van der Waals surface area contributed by atoms with Crippen molar-refractivity contribution in [3.05, 3.63) is 48.6 Å². The summed E-state index contributed by atoms with van der Waals surface area (Å²) in [4.78, 5) is 129. The lowest BCUT2D eigenvalue weighted by atomic mass is 9.53. The standard InChI is InChI=1S/C24H40O8.C22H36O7.C22H34O6.C21H36O4/c1-2-3-9-18-12-13-19(22(24(29)30)21(18)23(27)28)10-7-5-4-6-8-11-20(26)32-17-16-31-15-14-25;1-2-3-9-16-12-13-17(20(22(27)28)19(16)21(25)26)10-7-5-4-6-8-11-18(24)29-15-14-23;1-2-3-4-7-10-15-12-14-22(18(21(27)28)17(15)20(25)26)13-9-6-5-8-11-16(22)19(23)24;1-2-3-4-8-11-17-14-15-18(19(16-17)21(24)25)12-9-6-5-7-10-13-20(22)23/h12-13,18-19,21-22,25H,2-11,14-17H2,1H3,(H,27,28)(H,29,30);12-13,16-17,19-20,23H,2-11,14-15H2,1H3,(H,25,26)(H,27,28);12,14-18H,2-11,13H2,1H3,(H,23,24)(H,25,26)(H,27,28);14-15,17-19H,2-13,16H2,1H3,(H,22,23)(H,24,25). The number of esters is 2. The number of aliphatic hydroxyl groups is 2. The fraction of sp³-hybridized carbons (Fsp3) is 0.787. The third-order valence-corrected chi connectivity index (χ3v) is 23.8. The summed E-state index contributed by atoms with van der Waals surface area (Å²) in [6.07, 6.45) is 53.2. The first-order valence-corrected chi connectivity index (χ1v) is 43.6. The molecule has 25 heteroatoms. The first-order valence-electron chi connectivity index (χ1n) is 43.6. The minimum atomic E-state index is -1.20. The van der Waals surface area contributed by atoms with E-state index in [4.69, 9.17) is 29.5 Å². The Kier molecular flexibility index (Phi) is 55.5. The maximum atomic E-state index is 12.3. The number of allylic oxidation sites excluding steroid dienone is 8. The lowest BCUT2D eigenvalue weighted by Gasteiger charge is -2.48. The molecule has 1 saturated carbocycles. The van der Waals surface area contributed by atoms with Crippen LogP contribution in [-0.2, 0) is 67.0 Å². The minimum absolute atomic E-state index is 0.0368. The van der Waals surface area contributed by atoms with Gasteiger partial charge in [0.15, 0.2) is 0 Å². The molecule has 0 aromatic carbocycles. The molecule has 652 valence electrons. The molecule has 5 aliphatic carbocycles. The number of hydrogen-bond donors (Lipinski definition) is 11. The summed E-state index contributed by atoms with van der Waals surface area (Å²) in [6.45, 7) is 8.91. The zero-order valence-electron chi connectivity index (χ0n) is 69.3. The summed E-state index contributed by atoms with van der Waals surface area (Å²) in [7, 11) is 0. The molecule has 1 spiro atoms. The van der Waals surface area contributed by atoms with Crippen LogP contribution in [0.3, 0.4) is 0 Å². The Morgan fingerprint density at radius 1 is 0.333 bits per heavy atom. The number of hydrogen-bond acceptors (Lipinski definition) is 16. The van der Waals surface area contributed by atoms with Gasteiger partial charge >= 0.3 is 65.7 Å². The number of rotatable bonds is 55. The number of aliphatic carboxylic acids is 9. The van der Waals surface area contributed by atoms with Crippen molar-refractivity contribution in [3.63, 3.8) is 0 Å². The molecular formula is C89H146O25. The predicted octanol–water partition coefficient (Wildman–Crippen LogP) is 17.6. The van der Waals surface area contributed by atoms with Crippen molar-refractivity contribution in [2.45, 2.75) is 310 Å². The van der Waals surface area contributed by atoms with Crippen LogP contribution in [0.25, 0.3) is 0 Å². The summed E-state index contributed by atoms with van der Waals surface area (Å²) in [6, 6.07) is 0. The van der Waals surface area contributed by atoms with E-state index in [1.807, 2.05) is 44.2 Å². The number of ether oxygens (including phenoxy) is 3. The van der Waals surface area contributed by atoms with Crippen LogP contribution < -0.4 is 0 Å². The second-order valence-electron chi connectivity index (χ2n) is 32.3. The van der Waals surface area contributed by atoms with E-state index in [1.165, 1.54) is 25.7 Å². The smallest absolute Gasteiger partial charge is 0.308 e. The van der Waals surface area contributed by atoms with E-state index in [-0.39, 0.29) is 99.4 Å². The molecule has 5 aliphatic rings. The van der Waals surface area contributed by atoms with E-state index in [0.29, 0.717) is 63.7 Å². The Bertz CT molecular complexity index is 2900. The zero-order chi connectivity index (χ0) is 84.6. The molecule has 0 heterocycles. The van der Waals surface area contributed by atoms with Gasteiger partial charge in [-0.2, -0.15) is 0 Å². The normalized spacial score (nSPS) is 25.5. The van der Waals surface area contributed by atoms with Gasteiger partial charge in [-0.15, -0.1) is 0 Å². The molecule has 5 rings (SSSR count). The van der Waals surface area contributed by atoms with Crippen molar-refractivity contribution in [3.8, 4) is 0 Å². The highest BCUT2D eigenvalue weighted by Gasteiger charge is 2.58. The maximum absolute atomic E-state index is 12.3. The van der Waals surface area contributed by atoms with Crippen LogP contribution in [0.1, 0.15) is 310 Å². The maximum Gasteiger partial charge on any atom is 0.308 e. The van der Waals surface area contributed by atoms with E-state index >= 15 is 0 Å². The molecule has 11 N–H and O–H groups in total. The van der Waals surface area contributed by atoms with E-state index in [1.54, 1.807) is 6.08 Å². The lowest BCUT2D eigenvalue weighted by Crippen LogP contribution is -2.53. The molecule has 0 aromatic heterocycles. The van der Waals surface area contributed by atoms with E-state index in [9.17, 15) is 93.6 Å². The largest absolute Gasteiger partial charge is 0.481 e. The summed E-state index contributed by atoms with van der Waals surface area (Å²) in [5.41, 5.74) is -1.12. The monoisotopic (exact) mass is 1620 g/mol. The molecule has 0 aliphatic heterocycles. The van der Waals surface area contributed by atoms with Gasteiger partial charge in [-0.3, -0.25) is 52.7 Å². The summed E-state index contributed by atoms with van der Waals surface area (Å²) in [5, 5.41) is 104. The number of carboxylic acids is 9. The summed E-state index contributed by atoms with van der Waals surface area (Å²) >= 11 is 0. The Hall–Kier alpha value is -6.99. The highest BCUT2D eigenvalue weighted by atomic mass is 16.6. The van der Waals surface area contributed by atoms with Crippen molar-refractivity contribution in [2.24, 2.45) is 94.2 Å². The minimum Gasteiger partial charge on any atom is -0.481 e. The fourth-order valence-corrected chi connectivity index (χ4v) is 17.7. The first-order chi connectivity index (χ1) is 54.7. The highest BCUT2D eigenvalue weighted by Crippen LogP contribution is 2.54. The second-order valence-corrected chi connectivity index (χ2v) is 32.3. The Balaban J connectivity index is 0.000000517. The van der Waals surface area contributed by atoms with Gasteiger partial charge in [-0.05, 0) is 125 Å². The van der Waals surface area contributed by atoms with Gasteiger partial charge in [0, 0.05) is 24.7 Å². The number of carbonyl (C=O) groups is 11. The summed E-state index contributed by atoms with van der Waals surface area (Å²) < 4.78 is 14.8. The number of carbonyl (C=O) groups excluding carboxylic acids is 2. The van der Waals surface area contributed by atoms with Gasteiger partial charge < -0.3 is 70.4 Å². The highest BCUT2D eigenvalue weighted by molar-refractivity contribution is 5.85. The molecule has 25 nitrogen and oxygen atoms in total. The Morgan fingerprint density at radius 3 is 1.11 bits per heavy atom. The van der Waals surface area contributed by atoms with Crippen molar-refractivity contribution in [2.75, 3.05) is 39.6 Å². The topological polar surface area (TPSA) is 438 Å². The molecule has 0 bridgehead atoms. The van der Waals surface area contributed by atoms with Gasteiger partial charge in [-0.1, -0.05) is 256 Å². The average molecular weight is 1620 g/mol. The fourth-order valence-electron chi connectivity index (χ4n) is 17.7. The zero-order valence-corrected chi connectivity index (χ0v) is 69.3. The molecule has 16 unspecified atom stereocenters. The van der Waals surface area contributed by atoms with Crippen molar-refractivity contribution in [1.29, 1.82) is 0 Å². The van der Waals surface area contributed by atoms with Crippen molar-refractivity contribution in [1.82, 2.24) is 0 Å². The predicted molar refractivity (Wildman–Crippen MR) is 433 cm³/mol. The van der Waals surface area contributed by atoms with Gasteiger partial charge in [0.25, 0.3) is 0 Å². The van der Waals surface area contributed by atoms with Crippen LogP contribution in [0.4, 0.5) is 0 Å². The molecule has 0 amide bonds. The number of carboxylic acid groups (broad SMARTS) is 9. The van der Waals surface area contributed by atoms with Crippen LogP contribution in [0, 0.1) is 94.2 Å². The summed E-state index contributed by atoms with van der Waals surface area (Å²) in [5.74, 6) is -16.8. The van der Waals surface area contributed by atoms with Crippen molar-refractivity contribution < 1.29 is 123 Å². The molecule has 0 radical (unpaired) electrons. The third-order valence-electron chi connectivity index (χ3n) is 23.8. The molecular weight excluding hydrogens is 1470 g/mol. The quantitative estimate of drug-likeness (QED) is 0.0153. The average Bonchev–Trinajstić information content (AvgIpc) is 0.738. The molecule has 0 saturated heterocycles. The van der Waals surface area contributed by atoms with E-state index < -0.39 is 101 Å². The van der Waals surface area contributed by atoms with E-state index in [0.717, 1.165) is 193 Å². The van der Waals surface area contributed by atoms with Crippen LogP contribution in [0.2, 0.25) is 0 Å². The molecule has 114 heavy (non-hydrogen) atoms. The van der Waals surface area contributed by atoms with Gasteiger partial charge in [0.2, 0.25) is 0 Å². The van der Waals surface area contributed by atoms with E-state index in [2.05, 4.69) is 26.0 Å². The van der Waals surface area contributed by atoms with Gasteiger partial charge in [-0.25, -0.2) is 0 Å².